The van der Waals surface area contributed by atoms with Crippen LogP contribution in [0, 0.1) is 0 Å². The van der Waals surface area contributed by atoms with Crippen LogP contribution in [-0.4, -0.2) is 92.2 Å². The number of likely N-dealkylation sites (N-methyl/N-ethyl adjacent to an activating group) is 1. The van der Waals surface area contributed by atoms with Crippen molar-refractivity contribution in [3.63, 3.8) is 0 Å². The number of esters is 1. The molecule has 0 radical (unpaired) electrons. The van der Waals surface area contributed by atoms with E-state index in [0.29, 0.717) is 23.4 Å². The highest BCUT2D eigenvalue weighted by Gasteiger charge is 2.45. The molecule has 6 atom stereocenters. The van der Waals surface area contributed by atoms with Crippen LogP contribution in [-0.2, 0) is 30.2 Å². The number of nitrogens with one attached hydrogen (secondary N) is 2. The average molecular weight is 664 g/mol. The number of hydrogen-bond acceptors (Lipinski definition) is 10. The van der Waals surface area contributed by atoms with E-state index in [0.717, 1.165) is 11.1 Å². The summed E-state index contributed by atoms with van der Waals surface area (Å²) < 4.78 is 22.3. The molecule has 0 aromatic heterocycles. The summed E-state index contributed by atoms with van der Waals surface area (Å²) in [5, 5.41) is 28.7. The van der Waals surface area contributed by atoms with E-state index >= 15 is 0 Å². The van der Waals surface area contributed by atoms with Crippen molar-refractivity contribution in [3.05, 3.63) is 58.2 Å². The van der Waals surface area contributed by atoms with Gasteiger partial charge in [0.05, 0.1) is 19.2 Å². The number of methoxy groups -OCH3 is 2. The maximum absolute atomic E-state index is 13.7. The Morgan fingerprint density at radius 1 is 1.24 bits per heavy atom. The molecule has 4 bridgehead atoms. The van der Waals surface area contributed by atoms with E-state index in [1.807, 2.05) is 13.0 Å². The highest BCUT2D eigenvalue weighted by atomic mass is 35.5. The van der Waals surface area contributed by atoms with Crippen LogP contribution in [0.2, 0.25) is 5.02 Å². The van der Waals surface area contributed by atoms with Crippen molar-refractivity contribution in [3.8, 4) is 5.75 Å². The van der Waals surface area contributed by atoms with E-state index in [1.54, 1.807) is 58.3 Å². The highest BCUT2D eigenvalue weighted by molar-refractivity contribution is 6.35. The number of halogens is 1. The van der Waals surface area contributed by atoms with Crippen LogP contribution in [0.1, 0.15) is 52.5 Å². The quantitative estimate of drug-likeness (QED) is 0.271. The van der Waals surface area contributed by atoms with E-state index in [1.165, 1.54) is 26.0 Å². The summed E-state index contributed by atoms with van der Waals surface area (Å²) in [6, 6.07) is 2.84. The molecular weight excluding hydrogens is 618 g/mol. The summed E-state index contributed by atoms with van der Waals surface area (Å²) in [4.78, 5) is 40.5. The predicted molar refractivity (Wildman–Crippen MR) is 174 cm³/mol. The number of ether oxygens (including phenoxy) is 4. The molecule has 2 heterocycles. The van der Waals surface area contributed by atoms with Gasteiger partial charge in [-0.1, -0.05) is 41.5 Å². The molecule has 2 aliphatic rings. The van der Waals surface area contributed by atoms with Gasteiger partial charge in [-0.2, -0.15) is 0 Å². The molecule has 3 rings (SSSR count). The number of amides is 2. The summed E-state index contributed by atoms with van der Waals surface area (Å²) in [5.74, 6) is -0.757. The number of aliphatic hydroxyl groups is 2. The van der Waals surface area contributed by atoms with Crippen molar-refractivity contribution >= 4 is 35.3 Å². The first-order valence-corrected chi connectivity index (χ1v) is 15.4. The van der Waals surface area contributed by atoms with Crippen LogP contribution in [0.25, 0.3) is 0 Å². The second-order valence-corrected chi connectivity index (χ2v) is 12.5. The van der Waals surface area contributed by atoms with E-state index in [9.17, 15) is 24.6 Å². The van der Waals surface area contributed by atoms with E-state index in [2.05, 4.69) is 10.6 Å². The molecule has 0 unspecified atom stereocenters. The Bertz CT molecular complexity index is 1390. The lowest BCUT2D eigenvalue weighted by Crippen LogP contribution is -2.62. The normalized spacial score (nSPS) is 31.6. The van der Waals surface area contributed by atoms with Gasteiger partial charge in [0.15, 0.2) is 5.72 Å². The molecule has 254 valence electrons. The first-order chi connectivity index (χ1) is 21.5. The number of carbonyl (C=O) groups excluding carboxylic acids is 3. The number of hydrogen-bond donors (Lipinski definition) is 4. The van der Waals surface area contributed by atoms with Crippen molar-refractivity contribution < 1.29 is 43.5 Å². The molecule has 12 nitrogen and oxygen atoms in total. The van der Waals surface area contributed by atoms with E-state index < -0.39 is 53.6 Å². The fraction of sp³-hybridized carbons (Fsp3) is 0.545. The number of anilines is 1. The van der Waals surface area contributed by atoms with Gasteiger partial charge in [0, 0.05) is 20.6 Å². The largest absolute Gasteiger partial charge is 0.495 e. The lowest BCUT2D eigenvalue weighted by molar-refractivity contribution is -0.167. The third-order valence-electron chi connectivity index (χ3n) is 8.42. The number of rotatable bonds is 5. The third kappa shape index (κ3) is 8.89. The van der Waals surface area contributed by atoms with Crippen molar-refractivity contribution in [1.82, 2.24) is 10.6 Å². The maximum atomic E-state index is 13.7. The Morgan fingerprint density at radius 3 is 2.57 bits per heavy atom. The van der Waals surface area contributed by atoms with Crippen molar-refractivity contribution in [1.29, 1.82) is 0 Å². The molecule has 1 fully saturated rings. The molecular formula is C33H46ClN3O9. The zero-order valence-electron chi connectivity index (χ0n) is 27.7. The van der Waals surface area contributed by atoms with Crippen molar-refractivity contribution in [2.45, 2.75) is 89.1 Å². The molecule has 2 aliphatic heterocycles. The van der Waals surface area contributed by atoms with Gasteiger partial charge in [-0.05, 0) is 70.9 Å². The lowest BCUT2D eigenvalue weighted by Gasteiger charge is -2.41. The fourth-order valence-corrected chi connectivity index (χ4v) is 5.54. The van der Waals surface area contributed by atoms with Gasteiger partial charge >= 0.3 is 12.1 Å². The molecule has 0 aliphatic carbocycles. The molecule has 13 heteroatoms. The number of alkyl carbamates (subject to hydrolysis) is 1. The topological polar surface area (TPSA) is 156 Å². The minimum absolute atomic E-state index is 0.0521. The summed E-state index contributed by atoms with van der Waals surface area (Å²) in [5.41, 5.74) is -0.908. The highest BCUT2D eigenvalue weighted by Crippen LogP contribution is 2.37. The monoisotopic (exact) mass is 663 g/mol. The molecule has 46 heavy (non-hydrogen) atoms. The Labute approximate surface area is 275 Å². The summed E-state index contributed by atoms with van der Waals surface area (Å²) in [7, 11) is 6.05. The summed E-state index contributed by atoms with van der Waals surface area (Å²) in [6.45, 7) is 6.67. The lowest BCUT2D eigenvalue weighted by atomic mass is 9.88. The van der Waals surface area contributed by atoms with Crippen LogP contribution in [0.4, 0.5) is 10.5 Å². The average Bonchev–Trinajstić information content (AvgIpc) is 3.00. The Kier molecular flexibility index (Phi) is 12.4. The summed E-state index contributed by atoms with van der Waals surface area (Å²) >= 11 is 6.66. The number of nitrogens with zero attached hydrogens (tertiary/aromatic N) is 1. The molecule has 1 saturated heterocycles. The molecule has 0 spiro atoms. The van der Waals surface area contributed by atoms with Crippen LogP contribution in [0.5, 0.6) is 5.75 Å². The Balaban J connectivity index is 2.15. The van der Waals surface area contributed by atoms with Gasteiger partial charge in [0.25, 0.3) is 0 Å². The second-order valence-electron chi connectivity index (χ2n) is 12.1. The van der Waals surface area contributed by atoms with Gasteiger partial charge in [-0.3, -0.25) is 14.9 Å². The molecule has 1 aromatic rings. The Morgan fingerprint density at radius 2 is 1.93 bits per heavy atom. The predicted octanol–water partition coefficient (Wildman–Crippen LogP) is 3.57. The first kappa shape index (κ1) is 37.0. The fourth-order valence-electron chi connectivity index (χ4n) is 5.23. The van der Waals surface area contributed by atoms with E-state index in [4.69, 9.17) is 30.5 Å². The molecule has 2 amide bonds. The van der Waals surface area contributed by atoms with Gasteiger partial charge in [0.1, 0.15) is 40.7 Å². The van der Waals surface area contributed by atoms with Crippen molar-refractivity contribution in [2.75, 3.05) is 33.2 Å². The standard InChI is InChI=1S/C33H46ClN3O9/c1-19-10-9-11-26(44-8)33(42)18-25(45-31(40)36-33)20(2)12-13-32(4,41)27(46-30(39)21(3)35-5)17-28(38)37(6)23-15-22(14-19)16-24(43-7)29(23)34/h9-12,15-16,21,25-27,35,41-42H,13-14,17-18H2,1-8H3,(H,36,40)/b11-9+,19-10+,20-12-/t21-,25-,26+,27-,32+,33-/m0/s1. The van der Waals surface area contributed by atoms with Gasteiger partial charge in [-0.15, -0.1) is 0 Å². The SMILES string of the molecule is CN[C@@H](C)C(=O)O[C@H]1CC(=O)N(C)c2cc(cc(OC)c2Cl)C/C(C)=C/C=C/[C@@H](OC)[C@@]2(O)C[C@H](OC(=O)N2)/C(C)=C\C[C@@]1(C)O. The van der Waals surface area contributed by atoms with Crippen LogP contribution < -0.4 is 20.3 Å². The zero-order valence-corrected chi connectivity index (χ0v) is 28.4. The van der Waals surface area contributed by atoms with E-state index in [-0.39, 0.29) is 24.3 Å². The second kappa shape index (κ2) is 15.4. The van der Waals surface area contributed by atoms with Crippen LogP contribution >= 0.6 is 11.6 Å². The molecule has 0 saturated carbocycles. The number of benzene rings is 1. The summed E-state index contributed by atoms with van der Waals surface area (Å²) in [6.07, 6.45) is 2.92. The first-order valence-electron chi connectivity index (χ1n) is 15.0. The zero-order chi connectivity index (χ0) is 34.4. The number of fused-ring (bicyclic) bond motifs is 4. The Hall–Kier alpha value is -3.42. The van der Waals surface area contributed by atoms with Crippen LogP contribution in [0.3, 0.4) is 0 Å². The van der Waals surface area contributed by atoms with Gasteiger partial charge < -0.3 is 39.4 Å². The maximum Gasteiger partial charge on any atom is 0.410 e. The van der Waals surface area contributed by atoms with Crippen molar-refractivity contribution in [2.24, 2.45) is 0 Å². The third-order valence-corrected chi connectivity index (χ3v) is 8.80. The minimum atomic E-state index is -1.80. The number of allylic oxidation sites excluding steroid dienone is 3. The van der Waals surface area contributed by atoms with Gasteiger partial charge in [-0.25, -0.2) is 4.79 Å². The van der Waals surface area contributed by atoms with Gasteiger partial charge in [0.2, 0.25) is 5.91 Å². The molecule has 1 aromatic carbocycles. The number of carbonyl (C=O) groups is 3. The minimum Gasteiger partial charge on any atom is -0.495 e. The smallest absolute Gasteiger partial charge is 0.410 e. The van der Waals surface area contributed by atoms with Crippen LogP contribution in [0.15, 0.2) is 47.6 Å². The molecule has 4 N–H and O–H groups in total.